The van der Waals surface area contributed by atoms with Gasteiger partial charge in [0.1, 0.15) is 6.10 Å². The highest BCUT2D eigenvalue weighted by atomic mass is 35.5. The molecule has 1 aromatic carbocycles. The average molecular weight is 384 g/mol. The first kappa shape index (κ1) is 18.4. The Kier molecular flexibility index (Phi) is 5.20. The Labute approximate surface area is 157 Å². The molecule has 1 saturated carbocycles. The zero-order chi connectivity index (χ0) is 18.3. The Morgan fingerprint density at radius 3 is 2.60 bits per heavy atom. The molecule has 0 radical (unpaired) electrons. The first-order chi connectivity index (χ1) is 11.8. The lowest BCUT2D eigenvalue weighted by Crippen LogP contribution is -2.61. The molecular formula is C17H22ClN3O3S. The second-order valence-corrected chi connectivity index (χ2v) is 7.70. The number of fused-ring (bicyclic) bond motifs is 1. The Morgan fingerprint density at radius 2 is 2.00 bits per heavy atom. The molecule has 0 spiro atoms. The van der Waals surface area contributed by atoms with Crippen LogP contribution in [0, 0.1) is 5.92 Å². The van der Waals surface area contributed by atoms with Crippen molar-refractivity contribution >= 4 is 40.5 Å². The van der Waals surface area contributed by atoms with Crippen LogP contribution in [0.2, 0.25) is 5.02 Å². The average Bonchev–Trinajstić information content (AvgIpc) is 2.88. The summed E-state index contributed by atoms with van der Waals surface area (Å²) in [6.45, 7) is 3.77. The van der Waals surface area contributed by atoms with Crippen LogP contribution < -0.4 is 15.5 Å². The molecule has 1 saturated heterocycles. The first-order valence-electron chi connectivity index (χ1n) is 8.31. The fourth-order valence-electron chi connectivity index (χ4n) is 3.63. The van der Waals surface area contributed by atoms with Crippen molar-refractivity contribution in [2.45, 2.75) is 50.6 Å². The molecule has 25 heavy (non-hydrogen) atoms. The first-order valence-corrected chi connectivity index (χ1v) is 9.10. The molecular weight excluding hydrogens is 362 g/mol. The van der Waals surface area contributed by atoms with Crippen LogP contribution in [0.3, 0.4) is 0 Å². The zero-order valence-corrected chi connectivity index (χ0v) is 15.6. The van der Waals surface area contributed by atoms with Gasteiger partial charge < -0.3 is 25.7 Å². The molecule has 1 aromatic rings. The van der Waals surface area contributed by atoms with Gasteiger partial charge in [0.25, 0.3) is 0 Å². The lowest BCUT2D eigenvalue weighted by molar-refractivity contribution is -0.131. The van der Waals surface area contributed by atoms with E-state index in [0.717, 1.165) is 5.69 Å². The van der Waals surface area contributed by atoms with Crippen molar-refractivity contribution in [3.63, 3.8) is 0 Å². The third-order valence-electron chi connectivity index (χ3n) is 4.72. The fraction of sp³-hybridized carbons (Fsp3) is 0.529. The smallest absolute Gasteiger partial charge is 0.225 e. The summed E-state index contributed by atoms with van der Waals surface area (Å²) >= 11 is 11.4. The van der Waals surface area contributed by atoms with Crippen LogP contribution in [-0.2, 0) is 4.79 Å². The summed E-state index contributed by atoms with van der Waals surface area (Å²) in [4.78, 5) is 14.6. The highest BCUT2D eigenvalue weighted by Crippen LogP contribution is 2.37. The quantitative estimate of drug-likeness (QED) is 0.584. The van der Waals surface area contributed by atoms with Gasteiger partial charge in [0, 0.05) is 16.8 Å². The summed E-state index contributed by atoms with van der Waals surface area (Å²) in [5.74, 6) is -0.657. The third kappa shape index (κ3) is 3.46. The molecule has 1 aliphatic heterocycles. The molecule has 136 valence electrons. The van der Waals surface area contributed by atoms with Gasteiger partial charge in [-0.2, -0.15) is 0 Å². The zero-order valence-electron chi connectivity index (χ0n) is 14.0. The third-order valence-corrected chi connectivity index (χ3v) is 5.28. The standard InChI is InChI=1S/C17H22ClN3O3S/c1-8(2)19-16(24)11-7-12(22)15(23)13-14(11)21(17(25)20-13)10-5-3-9(18)4-6-10/h3-6,8,11-15,22-23H,7H2,1-2H3,(H,19,24)(H,20,25)/t11-,12-,13-,14-,15+/m1/s1. The Hall–Kier alpha value is -1.41. The normalized spacial score (nSPS) is 31.7. The number of aliphatic hydroxyl groups is 2. The Morgan fingerprint density at radius 1 is 1.36 bits per heavy atom. The van der Waals surface area contributed by atoms with Gasteiger partial charge in [0.15, 0.2) is 5.11 Å². The minimum Gasteiger partial charge on any atom is -0.390 e. The van der Waals surface area contributed by atoms with Crippen LogP contribution in [0.25, 0.3) is 0 Å². The van der Waals surface area contributed by atoms with E-state index in [4.69, 9.17) is 23.8 Å². The van der Waals surface area contributed by atoms with Gasteiger partial charge in [-0.15, -0.1) is 0 Å². The van der Waals surface area contributed by atoms with Crippen molar-refractivity contribution in [3.8, 4) is 0 Å². The summed E-state index contributed by atoms with van der Waals surface area (Å²) in [5, 5.41) is 27.6. The molecule has 0 bridgehead atoms. The Balaban J connectivity index is 1.97. The number of benzene rings is 1. The van der Waals surface area contributed by atoms with Gasteiger partial charge >= 0.3 is 0 Å². The molecule has 1 aliphatic carbocycles. The van der Waals surface area contributed by atoms with Gasteiger partial charge in [-0.25, -0.2) is 0 Å². The SMILES string of the molecule is CC(C)NC(=O)[C@@H]1C[C@@H](O)[C@H](O)[C@@H]2NC(=S)N(c3ccc(Cl)cc3)[C@@H]21. The molecule has 0 unspecified atom stereocenters. The van der Waals surface area contributed by atoms with E-state index in [9.17, 15) is 15.0 Å². The highest BCUT2D eigenvalue weighted by Gasteiger charge is 2.53. The lowest BCUT2D eigenvalue weighted by atomic mass is 9.77. The molecule has 3 rings (SSSR count). The summed E-state index contributed by atoms with van der Waals surface area (Å²) in [7, 11) is 0. The highest BCUT2D eigenvalue weighted by molar-refractivity contribution is 7.80. The van der Waals surface area contributed by atoms with Gasteiger partial charge in [-0.1, -0.05) is 11.6 Å². The molecule has 1 heterocycles. The summed E-state index contributed by atoms with van der Waals surface area (Å²) < 4.78 is 0. The number of carbonyl (C=O) groups is 1. The van der Waals surface area contributed by atoms with E-state index in [-0.39, 0.29) is 24.4 Å². The predicted molar refractivity (Wildman–Crippen MR) is 101 cm³/mol. The van der Waals surface area contributed by atoms with E-state index in [1.54, 1.807) is 12.1 Å². The van der Waals surface area contributed by atoms with Crippen molar-refractivity contribution in [1.82, 2.24) is 10.6 Å². The number of rotatable bonds is 3. The predicted octanol–water partition coefficient (Wildman–Crippen LogP) is 1.04. The Bertz CT molecular complexity index is 670. The lowest BCUT2D eigenvalue weighted by Gasteiger charge is -2.41. The number of amides is 1. The van der Waals surface area contributed by atoms with Crippen LogP contribution in [0.1, 0.15) is 20.3 Å². The van der Waals surface area contributed by atoms with Crippen LogP contribution in [0.15, 0.2) is 24.3 Å². The second kappa shape index (κ2) is 7.07. The molecule has 8 heteroatoms. The fourth-order valence-corrected chi connectivity index (χ4v) is 4.12. The molecule has 2 fully saturated rings. The minimum atomic E-state index is -0.997. The van der Waals surface area contributed by atoms with Gasteiger partial charge in [0.2, 0.25) is 5.91 Å². The number of hydrogen-bond donors (Lipinski definition) is 4. The number of thiocarbonyl (C=S) groups is 1. The minimum absolute atomic E-state index is 0.0137. The van der Waals surface area contributed by atoms with Crippen molar-refractivity contribution in [2.75, 3.05) is 4.90 Å². The number of nitrogens with zero attached hydrogens (tertiary/aromatic N) is 1. The molecule has 5 atom stereocenters. The van der Waals surface area contributed by atoms with Gasteiger partial charge in [0.05, 0.1) is 24.1 Å². The van der Waals surface area contributed by atoms with Crippen LogP contribution in [0.4, 0.5) is 5.69 Å². The van der Waals surface area contributed by atoms with Gasteiger partial charge in [-0.05, 0) is 56.8 Å². The summed E-state index contributed by atoms with van der Waals surface area (Å²) in [5.41, 5.74) is 0.792. The number of aliphatic hydroxyl groups excluding tert-OH is 2. The second-order valence-electron chi connectivity index (χ2n) is 6.88. The van der Waals surface area contributed by atoms with E-state index < -0.39 is 24.2 Å². The number of hydrogen-bond acceptors (Lipinski definition) is 4. The molecule has 6 nitrogen and oxygen atoms in total. The molecule has 1 amide bonds. The van der Waals surface area contributed by atoms with E-state index in [0.29, 0.717) is 10.1 Å². The molecule has 0 aromatic heterocycles. The number of nitrogens with one attached hydrogen (secondary N) is 2. The largest absolute Gasteiger partial charge is 0.390 e. The van der Waals surface area contributed by atoms with E-state index in [1.165, 1.54) is 0 Å². The number of halogens is 1. The monoisotopic (exact) mass is 383 g/mol. The maximum Gasteiger partial charge on any atom is 0.225 e. The van der Waals surface area contributed by atoms with Crippen molar-refractivity contribution in [1.29, 1.82) is 0 Å². The summed E-state index contributed by atoms with van der Waals surface area (Å²) in [6, 6.07) is 6.25. The van der Waals surface area contributed by atoms with Crippen LogP contribution >= 0.6 is 23.8 Å². The van der Waals surface area contributed by atoms with Crippen molar-refractivity contribution in [3.05, 3.63) is 29.3 Å². The van der Waals surface area contributed by atoms with Crippen LogP contribution in [-0.4, -0.2) is 51.6 Å². The molecule has 2 aliphatic rings. The van der Waals surface area contributed by atoms with Gasteiger partial charge in [-0.3, -0.25) is 4.79 Å². The topological polar surface area (TPSA) is 84.8 Å². The number of anilines is 1. The molecule has 4 N–H and O–H groups in total. The van der Waals surface area contributed by atoms with E-state index in [1.807, 2.05) is 30.9 Å². The maximum absolute atomic E-state index is 12.7. The van der Waals surface area contributed by atoms with Crippen molar-refractivity contribution in [2.24, 2.45) is 5.92 Å². The van der Waals surface area contributed by atoms with Crippen molar-refractivity contribution < 1.29 is 15.0 Å². The summed E-state index contributed by atoms with van der Waals surface area (Å²) in [6.07, 6.45) is -1.80. The number of carbonyl (C=O) groups excluding carboxylic acids is 1. The van der Waals surface area contributed by atoms with E-state index in [2.05, 4.69) is 10.6 Å². The van der Waals surface area contributed by atoms with Crippen LogP contribution in [0.5, 0.6) is 0 Å². The maximum atomic E-state index is 12.7. The van der Waals surface area contributed by atoms with E-state index >= 15 is 0 Å².